The Labute approximate surface area is 129 Å². The minimum absolute atomic E-state index is 0.000586. The second-order valence-corrected chi connectivity index (χ2v) is 4.57. The Bertz CT molecular complexity index is 663. The lowest BCUT2D eigenvalue weighted by molar-refractivity contribution is -0.141. The zero-order chi connectivity index (χ0) is 16.9. The molecule has 0 spiro atoms. The predicted octanol–water partition coefficient (Wildman–Crippen LogP) is 3.17. The van der Waals surface area contributed by atoms with Crippen LogP contribution < -0.4 is 10.6 Å². The first-order chi connectivity index (χ1) is 10.9. The maximum Gasteiger partial charge on any atom is 0.433 e. The van der Waals surface area contributed by atoms with E-state index in [-0.39, 0.29) is 30.6 Å². The van der Waals surface area contributed by atoms with Crippen molar-refractivity contribution >= 4 is 17.5 Å². The van der Waals surface area contributed by atoms with Crippen molar-refractivity contribution in [2.75, 3.05) is 23.8 Å². The summed E-state index contributed by atoms with van der Waals surface area (Å²) in [6.45, 7) is 0.0866. The van der Waals surface area contributed by atoms with E-state index >= 15 is 0 Å². The number of alkyl halides is 3. The molecule has 23 heavy (non-hydrogen) atoms. The molecule has 0 aliphatic rings. The Balaban J connectivity index is 2.30. The second kappa shape index (κ2) is 7.23. The van der Waals surface area contributed by atoms with Gasteiger partial charge in [0, 0.05) is 19.2 Å². The summed E-state index contributed by atoms with van der Waals surface area (Å²) < 4.78 is 52.3. The number of para-hydroxylation sites is 1. The number of anilines is 3. The Morgan fingerprint density at radius 1 is 1.13 bits per heavy atom. The molecular weight excluding hydrogens is 316 g/mol. The number of hydrogen-bond acceptors (Lipinski definition) is 5. The second-order valence-electron chi connectivity index (χ2n) is 4.57. The zero-order valence-corrected chi connectivity index (χ0v) is 11.9. The normalized spacial score (nSPS) is 11.3. The van der Waals surface area contributed by atoms with E-state index < -0.39 is 17.7 Å². The minimum Gasteiger partial charge on any atom is -0.396 e. The summed E-state index contributed by atoms with van der Waals surface area (Å²) in [5.74, 6) is -1.06. The van der Waals surface area contributed by atoms with E-state index in [2.05, 4.69) is 20.6 Å². The quantitative estimate of drug-likeness (QED) is 0.561. The lowest BCUT2D eigenvalue weighted by Crippen LogP contribution is -2.14. The van der Waals surface area contributed by atoms with E-state index in [4.69, 9.17) is 5.11 Å². The lowest BCUT2D eigenvalue weighted by atomic mass is 10.3. The van der Waals surface area contributed by atoms with Crippen LogP contribution in [0.15, 0.2) is 30.3 Å². The van der Waals surface area contributed by atoms with Gasteiger partial charge in [0.25, 0.3) is 0 Å². The molecule has 0 aliphatic heterocycles. The van der Waals surface area contributed by atoms with Crippen LogP contribution in [0.4, 0.5) is 35.0 Å². The largest absolute Gasteiger partial charge is 0.433 e. The van der Waals surface area contributed by atoms with Gasteiger partial charge in [-0.1, -0.05) is 12.1 Å². The number of benzene rings is 1. The van der Waals surface area contributed by atoms with Gasteiger partial charge in [-0.2, -0.15) is 18.2 Å². The van der Waals surface area contributed by atoms with E-state index in [1.165, 1.54) is 24.3 Å². The van der Waals surface area contributed by atoms with Crippen LogP contribution in [0.3, 0.4) is 0 Å². The third-order valence-electron chi connectivity index (χ3n) is 2.77. The van der Waals surface area contributed by atoms with E-state index in [1.807, 2.05) is 0 Å². The molecule has 124 valence electrons. The molecule has 0 saturated carbocycles. The van der Waals surface area contributed by atoms with Gasteiger partial charge in [-0.3, -0.25) is 0 Å². The molecule has 1 aromatic heterocycles. The molecule has 2 rings (SSSR count). The zero-order valence-electron chi connectivity index (χ0n) is 11.9. The number of aliphatic hydroxyl groups excluding tert-OH is 1. The average Bonchev–Trinajstić information content (AvgIpc) is 2.49. The summed E-state index contributed by atoms with van der Waals surface area (Å²) in [5, 5.41) is 13.8. The number of halogens is 4. The monoisotopic (exact) mass is 330 g/mol. The summed E-state index contributed by atoms with van der Waals surface area (Å²) in [6, 6.07) is 6.25. The Kier molecular flexibility index (Phi) is 5.32. The summed E-state index contributed by atoms with van der Waals surface area (Å²) in [5.41, 5.74) is -1.15. The van der Waals surface area contributed by atoms with Gasteiger partial charge in [-0.25, -0.2) is 9.37 Å². The predicted molar refractivity (Wildman–Crippen MR) is 76.9 cm³/mol. The number of nitrogens with one attached hydrogen (secondary N) is 2. The number of hydrogen-bond donors (Lipinski definition) is 3. The SMILES string of the molecule is OCCCNc1nc(Nc2ccccc2F)cc(C(F)(F)F)n1. The molecule has 0 fully saturated rings. The van der Waals surface area contributed by atoms with Crippen molar-refractivity contribution in [2.24, 2.45) is 0 Å². The van der Waals surface area contributed by atoms with Crippen LogP contribution >= 0.6 is 0 Å². The first-order valence-corrected chi connectivity index (χ1v) is 6.72. The molecule has 0 saturated heterocycles. The van der Waals surface area contributed by atoms with Crippen LogP contribution in [-0.2, 0) is 6.18 Å². The number of nitrogens with zero attached hydrogens (tertiary/aromatic N) is 2. The Morgan fingerprint density at radius 2 is 1.87 bits per heavy atom. The molecule has 9 heteroatoms. The highest BCUT2D eigenvalue weighted by molar-refractivity contribution is 5.58. The van der Waals surface area contributed by atoms with Gasteiger partial charge >= 0.3 is 6.18 Å². The maximum atomic E-state index is 13.6. The van der Waals surface area contributed by atoms with Gasteiger partial charge in [-0.15, -0.1) is 0 Å². The summed E-state index contributed by atoms with van der Waals surface area (Å²) in [7, 11) is 0. The molecule has 5 nitrogen and oxygen atoms in total. The van der Waals surface area contributed by atoms with Crippen LogP contribution in [0.1, 0.15) is 12.1 Å². The maximum absolute atomic E-state index is 13.6. The summed E-state index contributed by atoms with van der Waals surface area (Å²) >= 11 is 0. The van der Waals surface area contributed by atoms with Gasteiger partial charge in [0.1, 0.15) is 11.6 Å². The van der Waals surface area contributed by atoms with Gasteiger partial charge in [0.2, 0.25) is 5.95 Å². The van der Waals surface area contributed by atoms with E-state index in [0.29, 0.717) is 12.5 Å². The van der Waals surface area contributed by atoms with Gasteiger partial charge in [0.15, 0.2) is 5.69 Å². The fourth-order valence-corrected chi connectivity index (χ4v) is 1.72. The van der Waals surface area contributed by atoms with Crippen LogP contribution in [0.5, 0.6) is 0 Å². The third kappa shape index (κ3) is 4.78. The number of rotatable bonds is 6. The summed E-state index contributed by atoms with van der Waals surface area (Å²) in [4.78, 5) is 7.25. The smallest absolute Gasteiger partial charge is 0.396 e. The molecule has 0 unspecified atom stereocenters. The molecule has 0 aliphatic carbocycles. The van der Waals surface area contributed by atoms with Gasteiger partial charge in [0.05, 0.1) is 5.69 Å². The third-order valence-corrected chi connectivity index (χ3v) is 2.77. The molecule has 0 bridgehead atoms. The lowest BCUT2D eigenvalue weighted by Gasteiger charge is -2.13. The topological polar surface area (TPSA) is 70.1 Å². The highest BCUT2D eigenvalue weighted by atomic mass is 19.4. The highest BCUT2D eigenvalue weighted by Crippen LogP contribution is 2.30. The van der Waals surface area contributed by atoms with Crippen molar-refractivity contribution in [3.63, 3.8) is 0 Å². The van der Waals surface area contributed by atoms with Crippen molar-refractivity contribution in [2.45, 2.75) is 12.6 Å². The first kappa shape index (κ1) is 16.9. The van der Waals surface area contributed by atoms with Crippen LogP contribution in [0, 0.1) is 5.82 Å². The Morgan fingerprint density at radius 3 is 2.52 bits per heavy atom. The van der Waals surface area contributed by atoms with E-state index in [0.717, 1.165) is 0 Å². The fourth-order valence-electron chi connectivity index (χ4n) is 1.72. The van der Waals surface area contributed by atoms with Crippen molar-refractivity contribution in [1.82, 2.24) is 9.97 Å². The van der Waals surface area contributed by atoms with Crippen LogP contribution in [0.2, 0.25) is 0 Å². The molecule has 0 amide bonds. The molecule has 3 N–H and O–H groups in total. The molecule has 2 aromatic rings. The molecule has 1 aromatic carbocycles. The van der Waals surface area contributed by atoms with Crippen LogP contribution in [-0.4, -0.2) is 28.2 Å². The minimum atomic E-state index is -4.66. The molecule has 1 heterocycles. The van der Waals surface area contributed by atoms with Crippen LogP contribution in [0.25, 0.3) is 0 Å². The molecule has 0 radical (unpaired) electrons. The molecule has 0 atom stereocenters. The van der Waals surface area contributed by atoms with Gasteiger partial charge in [-0.05, 0) is 18.6 Å². The van der Waals surface area contributed by atoms with Gasteiger partial charge < -0.3 is 15.7 Å². The number of aromatic nitrogens is 2. The molecular formula is C14H14F4N4O. The van der Waals surface area contributed by atoms with E-state index in [1.54, 1.807) is 0 Å². The highest BCUT2D eigenvalue weighted by Gasteiger charge is 2.33. The van der Waals surface area contributed by atoms with Crippen molar-refractivity contribution < 1.29 is 22.7 Å². The van der Waals surface area contributed by atoms with Crippen molar-refractivity contribution in [1.29, 1.82) is 0 Å². The fraction of sp³-hybridized carbons (Fsp3) is 0.286. The first-order valence-electron chi connectivity index (χ1n) is 6.72. The van der Waals surface area contributed by atoms with E-state index in [9.17, 15) is 17.6 Å². The Hall–Kier alpha value is -2.42. The van der Waals surface area contributed by atoms with Crippen molar-refractivity contribution in [3.05, 3.63) is 41.8 Å². The standard InChI is InChI=1S/C14H14F4N4O/c15-9-4-1-2-5-10(9)20-12-8-11(14(16,17)18)21-13(22-12)19-6-3-7-23/h1-2,4-5,8,23H,3,6-7H2,(H2,19,20,21,22). The van der Waals surface area contributed by atoms with Crippen molar-refractivity contribution in [3.8, 4) is 0 Å². The summed E-state index contributed by atoms with van der Waals surface area (Å²) in [6.07, 6.45) is -4.34. The average molecular weight is 330 g/mol. The number of aliphatic hydroxyl groups is 1.